The van der Waals surface area contributed by atoms with E-state index < -0.39 is 0 Å². The normalized spacial score (nSPS) is 20.4. The van der Waals surface area contributed by atoms with Gasteiger partial charge in [-0.3, -0.25) is 9.36 Å². The SMILES string of the molecule is COC(=O)[C@H]1CC[C@H](CN2CC(c3ccc(-n4c(-c5cccnc5N)nc5cc(Br)cnc54)cc3)C2)CC1. The number of anilines is 1. The molecule has 1 saturated carbocycles. The summed E-state index contributed by atoms with van der Waals surface area (Å²) in [6.07, 6.45) is 7.61. The Balaban J connectivity index is 1.16. The average molecular weight is 576 g/mol. The van der Waals surface area contributed by atoms with Gasteiger partial charge in [0.05, 0.1) is 18.6 Å². The summed E-state index contributed by atoms with van der Waals surface area (Å²) in [6, 6.07) is 14.5. The summed E-state index contributed by atoms with van der Waals surface area (Å²) >= 11 is 3.51. The first-order chi connectivity index (χ1) is 18.5. The molecule has 1 aromatic carbocycles. The van der Waals surface area contributed by atoms with Crippen molar-refractivity contribution < 1.29 is 9.53 Å². The van der Waals surface area contributed by atoms with Gasteiger partial charge >= 0.3 is 5.97 Å². The molecular formula is C29H31BrN6O2. The quantitative estimate of drug-likeness (QED) is 0.316. The number of aromatic nitrogens is 4. The third-order valence-electron chi connectivity index (χ3n) is 8.02. The predicted octanol–water partition coefficient (Wildman–Crippen LogP) is 5.21. The van der Waals surface area contributed by atoms with E-state index in [4.69, 9.17) is 15.5 Å². The number of hydrogen-bond acceptors (Lipinski definition) is 7. The number of carbonyl (C=O) groups is 1. The van der Waals surface area contributed by atoms with Crippen molar-refractivity contribution in [3.63, 3.8) is 0 Å². The number of pyridine rings is 2. The molecule has 0 radical (unpaired) electrons. The highest BCUT2D eigenvalue weighted by Gasteiger charge is 2.33. The molecule has 0 bridgehead atoms. The van der Waals surface area contributed by atoms with Crippen molar-refractivity contribution in [2.75, 3.05) is 32.5 Å². The van der Waals surface area contributed by atoms with Crippen LogP contribution in [0.4, 0.5) is 5.82 Å². The van der Waals surface area contributed by atoms with Crippen LogP contribution in [0.15, 0.2) is 59.3 Å². The number of ether oxygens (including phenoxy) is 1. The Morgan fingerprint density at radius 2 is 1.87 bits per heavy atom. The number of fused-ring (bicyclic) bond motifs is 1. The Labute approximate surface area is 230 Å². The van der Waals surface area contributed by atoms with Gasteiger partial charge in [-0.2, -0.15) is 0 Å². The van der Waals surface area contributed by atoms with Crippen molar-refractivity contribution in [2.24, 2.45) is 11.8 Å². The lowest BCUT2D eigenvalue weighted by molar-refractivity contribution is -0.146. The molecule has 0 amide bonds. The van der Waals surface area contributed by atoms with Crippen molar-refractivity contribution >= 4 is 38.9 Å². The third kappa shape index (κ3) is 4.80. The molecule has 3 aromatic heterocycles. The molecule has 0 unspecified atom stereocenters. The summed E-state index contributed by atoms with van der Waals surface area (Å²) in [4.78, 5) is 28.1. The highest BCUT2D eigenvalue weighted by Crippen LogP contribution is 2.35. The van der Waals surface area contributed by atoms with E-state index in [0.717, 1.165) is 78.0 Å². The van der Waals surface area contributed by atoms with E-state index in [-0.39, 0.29) is 11.9 Å². The fourth-order valence-electron chi connectivity index (χ4n) is 5.91. The van der Waals surface area contributed by atoms with E-state index in [1.165, 1.54) is 12.7 Å². The zero-order valence-electron chi connectivity index (χ0n) is 21.4. The molecule has 9 heteroatoms. The van der Waals surface area contributed by atoms with Gasteiger partial charge in [0.25, 0.3) is 0 Å². The first-order valence-electron chi connectivity index (χ1n) is 13.2. The van der Waals surface area contributed by atoms with Gasteiger partial charge in [0, 0.05) is 48.1 Å². The molecule has 0 spiro atoms. The fourth-order valence-corrected chi connectivity index (χ4v) is 6.23. The highest BCUT2D eigenvalue weighted by atomic mass is 79.9. The number of methoxy groups -OCH3 is 1. The minimum atomic E-state index is -0.0423. The van der Waals surface area contributed by atoms with Crippen LogP contribution < -0.4 is 5.73 Å². The smallest absolute Gasteiger partial charge is 0.308 e. The molecule has 1 saturated heterocycles. The lowest BCUT2D eigenvalue weighted by Crippen LogP contribution is -2.47. The molecule has 4 heterocycles. The number of halogens is 1. The van der Waals surface area contributed by atoms with E-state index in [1.807, 2.05) is 18.2 Å². The van der Waals surface area contributed by atoms with Crippen LogP contribution in [0.5, 0.6) is 0 Å². The van der Waals surface area contributed by atoms with Gasteiger partial charge in [-0.05, 0) is 83.4 Å². The van der Waals surface area contributed by atoms with Crippen LogP contribution in [0, 0.1) is 11.8 Å². The van der Waals surface area contributed by atoms with Crippen molar-refractivity contribution in [3.05, 3.63) is 64.9 Å². The van der Waals surface area contributed by atoms with E-state index in [9.17, 15) is 4.79 Å². The third-order valence-corrected chi connectivity index (χ3v) is 8.45. The Morgan fingerprint density at radius 1 is 1.11 bits per heavy atom. The maximum absolute atomic E-state index is 11.8. The second-order valence-corrected chi connectivity index (χ2v) is 11.4. The number of nitrogens with zero attached hydrogens (tertiary/aromatic N) is 5. The number of esters is 1. The van der Waals surface area contributed by atoms with Gasteiger partial charge in [0.2, 0.25) is 0 Å². The number of benzene rings is 1. The molecule has 1 aliphatic carbocycles. The molecular weight excluding hydrogens is 544 g/mol. The summed E-state index contributed by atoms with van der Waals surface area (Å²) in [6.45, 7) is 3.29. The van der Waals surface area contributed by atoms with E-state index in [2.05, 4.69) is 59.6 Å². The Morgan fingerprint density at radius 3 is 2.58 bits per heavy atom. The van der Waals surface area contributed by atoms with Crippen LogP contribution in [0.2, 0.25) is 0 Å². The molecule has 196 valence electrons. The zero-order chi connectivity index (χ0) is 26.2. The topological polar surface area (TPSA) is 99.2 Å². The predicted molar refractivity (Wildman–Crippen MR) is 151 cm³/mol. The lowest BCUT2D eigenvalue weighted by atomic mass is 9.80. The molecule has 6 rings (SSSR count). The van der Waals surface area contributed by atoms with Gasteiger partial charge in [-0.15, -0.1) is 0 Å². The summed E-state index contributed by atoms with van der Waals surface area (Å²) in [7, 11) is 1.49. The number of nitrogens with two attached hydrogens (primary N) is 1. The molecule has 38 heavy (non-hydrogen) atoms. The molecule has 2 fully saturated rings. The van der Waals surface area contributed by atoms with E-state index >= 15 is 0 Å². The maximum atomic E-state index is 11.8. The number of hydrogen-bond donors (Lipinski definition) is 1. The second-order valence-electron chi connectivity index (χ2n) is 10.5. The Kier molecular flexibility index (Phi) is 6.88. The van der Waals surface area contributed by atoms with Gasteiger partial charge in [-0.25, -0.2) is 15.0 Å². The summed E-state index contributed by atoms with van der Waals surface area (Å²) < 4.78 is 7.85. The number of carbonyl (C=O) groups excluding carboxylic acids is 1. The van der Waals surface area contributed by atoms with Crippen LogP contribution in [-0.2, 0) is 9.53 Å². The number of nitrogen functional groups attached to an aromatic ring is 1. The number of imidazole rings is 1. The molecule has 0 atom stereocenters. The van der Waals surface area contributed by atoms with Crippen molar-refractivity contribution in [3.8, 4) is 17.1 Å². The molecule has 4 aromatic rings. The fraction of sp³-hybridized carbons (Fsp3) is 0.379. The molecule has 2 N–H and O–H groups in total. The van der Waals surface area contributed by atoms with Crippen molar-refractivity contribution in [1.29, 1.82) is 0 Å². The second kappa shape index (κ2) is 10.5. The first-order valence-corrected chi connectivity index (χ1v) is 13.9. The van der Waals surface area contributed by atoms with Crippen molar-refractivity contribution in [2.45, 2.75) is 31.6 Å². The number of likely N-dealkylation sites (tertiary alicyclic amines) is 1. The number of rotatable bonds is 6. The van der Waals surface area contributed by atoms with Gasteiger partial charge in [0.1, 0.15) is 11.3 Å². The lowest BCUT2D eigenvalue weighted by Gasteiger charge is -2.42. The standard InChI is InChI=1S/C29H31BrN6O2/c1-38-29(37)20-6-4-18(5-7-20)15-35-16-21(17-35)19-8-10-23(11-9-19)36-27(24-3-2-12-32-26(24)31)34-25-13-22(30)14-33-28(25)36/h2-3,8-14,18,20-21H,4-7,15-17H2,1H3,(H2,31,32)/t18-,20-. The molecule has 1 aliphatic heterocycles. The summed E-state index contributed by atoms with van der Waals surface area (Å²) in [5.41, 5.74) is 10.9. The van der Waals surface area contributed by atoms with Crippen molar-refractivity contribution in [1.82, 2.24) is 24.4 Å². The van der Waals surface area contributed by atoms with E-state index in [1.54, 1.807) is 12.4 Å². The summed E-state index contributed by atoms with van der Waals surface area (Å²) in [5, 5.41) is 0. The minimum Gasteiger partial charge on any atom is -0.469 e. The largest absolute Gasteiger partial charge is 0.469 e. The average Bonchev–Trinajstić information content (AvgIpc) is 3.29. The van der Waals surface area contributed by atoms with Gasteiger partial charge in [0.15, 0.2) is 11.5 Å². The molecule has 2 aliphatic rings. The van der Waals surface area contributed by atoms with Crippen LogP contribution in [-0.4, -0.2) is 57.1 Å². The van der Waals surface area contributed by atoms with E-state index in [0.29, 0.717) is 17.7 Å². The van der Waals surface area contributed by atoms with Gasteiger partial charge < -0.3 is 15.4 Å². The summed E-state index contributed by atoms with van der Waals surface area (Å²) in [5.74, 6) is 2.43. The van der Waals surface area contributed by atoms with Crippen LogP contribution in [0.25, 0.3) is 28.2 Å². The highest BCUT2D eigenvalue weighted by molar-refractivity contribution is 9.10. The van der Waals surface area contributed by atoms with Gasteiger partial charge in [-0.1, -0.05) is 12.1 Å². The van der Waals surface area contributed by atoms with Crippen LogP contribution >= 0.6 is 15.9 Å². The zero-order valence-corrected chi connectivity index (χ0v) is 23.0. The maximum Gasteiger partial charge on any atom is 0.308 e. The minimum absolute atomic E-state index is 0.0423. The Hall–Kier alpha value is -3.30. The first kappa shape index (κ1) is 25.0. The van der Waals surface area contributed by atoms with Crippen LogP contribution in [0.3, 0.4) is 0 Å². The molecule has 8 nitrogen and oxygen atoms in total. The Bertz CT molecular complexity index is 1460. The van der Waals surface area contributed by atoms with Crippen LogP contribution in [0.1, 0.15) is 37.2 Å². The monoisotopic (exact) mass is 574 g/mol.